The maximum Gasteiger partial charge on any atom is 0.315 e. The van der Waals surface area contributed by atoms with Crippen LogP contribution in [0, 0.1) is 5.92 Å². The lowest BCUT2D eigenvalue weighted by atomic mass is 9.93. The first-order valence-corrected chi connectivity index (χ1v) is 6.91. The maximum absolute atomic E-state index is 11.9. The number of fused-ring (bicyclic) bond motifs is 1. The molecule has 0 aliphatic heterocycles. The van der Waals surface area contributed by atoms with Crippen molar-refractivity contribution in [2.45, 2.75) is 39.2 Å². The van der Waals surface area contributed by atoms with Crippen LogP contribution in [0.25, 0.3) is 12.2 Å². The Balaban J connectivity index is 1.94. The summed E-state index contributed by atoms with van der Waals surface area (Å²) >= 11 is 0. The minimum atomic E-state index is -0.320. The fourth-order valence-electron chi connectivity index (χ4n) is 2.26. The topological polar surface area (TPSA) is 56.9 Å². The summed E-state index contributed by atoms with van der Waals surface area (Å²) in [6.07, 6.45) is 7.98. The van der Waals surface area contributed by atoms with Crippen LogP contribution in [0.5, 0.6) is 0 Å². The second-order valence-electron chi connectivity index (χ2n) is 5.88. The first-order valence-electron chi connectivity index (χ1n) is 6.91. The Labute approximate surface area is 114 Å². The van der Waals surface area contributed by atoms with Crippen LogP contribution in [0.15, 0.2) is 12.3 Å². The SMILES string of the molecule is CC(C)CCNC(=O)NC1(C)C=c2[nH]ccc2=CC1. The predicted molar refractivity (Wildman–Crippen MR) is 78.0 cm³/mol. The number of rotatable bonds is 4. The first kappa shape index (κ1) is 13.7. The number of hydrogen-bond acceptors (Lipinski definition) is 1. The third-order valence-corrected chi connectivity index (χ3v) is 3.43. The average Bonchev–Trinajstić information content (AvgIpc) is 2.74. The van der Waals surface area contributed by atoms with Gasteiger partial charge in [-0.15, -0.1) is 0 Å². The predicted octanol–water partition coefficient (Wildman–Crippen LogP) is 1.08. The van der Waals surface area contributed by atoms with Gasteiger partial charge in [0, 0.05) is 18.1 Å². The van der Waals surface area contributed by atoms with Gasteiger partial charge >= 0.3 is 6.03 Å². The lowest BCUT2D eigenvalue weighted by Gasteiger charge is -2.28. The molecule has 4 heteroatoms. The second-order valence-corrected chi connectivity index (χ2v) is 5.88. The van der Waals surface area contributed by atoms with E-state index in [0.29, 0.717) is 5.92 Å². The zero-order valence-corrected chi connectivity index (χ0v) is 11.9. The van der Waals surface area contributed by atoms with Gasteiger partial charge < -0.3 is 15.6 Å². The van der Waals surface area contributed by atoms with Crippen LogP contribution in [0.3, 0.4) is 0 Å². The number of H-pyrrole nitrogens is 1. The molecule has 1 heterocycles. The quantitative estimate of drug-likeness (QED) is 0.746. The third kappa shape index (κ3) is 3.63. The van der Waals surface area contributed by atoms with E-state index in [0.717, 1.165) is 24.7 Å². The Kier molecular flexibility index (Phi) is 3.98. The van der Waals surface area contributed by atoms with Crippen LogP contribution in [0.2, 0.25) is 0 Å². The molecule has 104 valence electrons. The van der Waals surface area contributed by atoms with Gasteiger partial charge in [0.1, 0.15) is 0 Å². The Bertz CT molecular complexity index is 558. The third-order valence-electron chi connectivity index (χ3n) is 3.43. The van der Waals surface area contributed by atoms with Gasteiger partial charge in [-0.1, -0.05) is 19.9 Å². The molecule has 1 aliphatic carbocycles. The highest BCUT2D eigenvalue weighted by molar-refractivity contribution is 5.76. The van der Waals surface area contributed by atoms with E-state index >= 15 is 0 Å². The molecule has 1 aromatic rings. The summed E-state index contributed by atoms with van der Waals surface area (Å²) in [6.45, 7) is 7.06. The van der Waals surface area contributed by atoms with Gasteiger partial charge in [-0.25, -0.2) is 4.79 Å². The van der Waals surface area contributed by atoms with Gasteiger partial charge in [-0.3, -0.25) is 0 Å². The van der Waals surface area contributed by atoms with Crippen molar-refractivity contribution in [1.82, 2.24) is 15.6 Å². The molecule has 1 aliphatic rings. The van der Waals surface area contributed by atoms with Crippen molar-refractivity contribution in [3.8, 4) is 0 Å². The molecule has 0 saturated heterocycles. The number of aromatic amines is 1. The Hall–Kier alpha value is -1.71. The van der Waals surface area contributed by atoms with Crippen molar-refractivity contribution >= 4 is 18.2 Å². The van der Waals surface area contributed by atoms with E-state index in [1.807, 2.05) is 19.2 Å². The summed E-state index contributed by atoms with van der Waals surface area (Å²) in [5, 5.41) is 8.24. The molecule has 0 saturated carbocycles. The average molecular weight is 261 g/mol. The van der Waals surface area contributed by atoms with Gasteiger partial charge in [-0.2, -0.15) is 0 Å². The number of carbonyl (C=O) groups is 1. The lowest BCUT2D eigenvalue weighted by molar-refractivity contribution is 0.234. The molecular weight excluding hydrogens is 238 g/mol. The van der Waals surface area contributed by atoms with Gasteiger partial charge in [0.15, 0.2) is 0 Å². The van der Waals surface area contributed by atoms with Crippen molar-refractivity contribution in [1.29, 1.82) is 0 Å². The van der Waals surface area contributed by atoms with Crippen molar-refractivity contribution in [3.63, 3.8) is 0 Å². The van der Waals surface area contributed by atoms with Gasteiger partial charge in [0.25, 0.3) is 0 Å². The zero-order valence-electron chi connectivity index (χ0n) is 11.9. The molecule has 0 bridgehead atoms. The summed E-state index contributed by atoms with van der Waals surface area (Å²) in [4.78, 5) is 15.1. The highest BCUT2D eigenvalue weighted by atomic mass is 16.2. The summed E-state index contributed by atoms with van der Waals surface area (Å²) in [5.74, 6) is 0.604. The number of urea groups is 1. The summed E-state index contributed by atoms with van der Waals surface area (Å²) in [7, 11) is 0. The molecular formula is C15H23N3O. The highest BCUT2D eigenvalue weighted by Gasteiger charge is 2.24. The van der Waals surface area contributed by atoms with E-state index in [2.05, 4.69) is 41.6 Å². The lowest BCUT2D eigenvalue weighted by Crippen LogP contribution is -2.52. The molecule has 0 fully saturated rings. The van der Waals surface area contributed by atoms with Gasteiger partial charge in [0.05, 0.1) is 5.54 Å². The monoisotopic (exact) mass is 261 g/mol. The summed E-state index contributed by atoms with van der Waals surface area (Å²) in [5.41, 5.74) is -0.320. The van der Waals surface area contributed by atoms with Crippen LogP contribution >= 0.6 is 0 Å². The summed E-state index contributed by atoms with van der Waals surface area (Å²) in [6, 6.07) is 1.96. The van der Waals surface area contributed by atoms with E-state index in [1.54, 1.807) is 0 Å². The Morgan fingerprint density at radius 3 is 3.05 bits per heavy atom. The van der Waals surface area contributed by atoms with E-state index in [-0.39, 0.29) is 11.6 Å². The Morgan fingerprint density at radius 2 is 2.32 bits per heavy atom. The number of hydrogen-bond donors (Lipinski definition) is 3. The van der Waals surface area contributed by atoms with Crippen molar-refractivity contribution in [2.75, 3.05) is 6.54 Å². The van der Waals surface area contributed by atoms with Crippen LogP contribution in [0.4, 0.5) is 4.79 Å². The van der Waals surface area contributed by atoms with Crippen LogP contribution < -0.4 is 21.2 Å². The minimum absolute atomic E-state index is 0.0946. The largest absolute Gasteiger partial charge is 0.361 e. The molecule has 4 nitrogen and oxygen atoms in total. The Morgan fingerprint density at radius 1 is 1.53 bits per heavy atom. The standard InChI is InChI=1S/C15H23N3O/c1-11(2)5-8-17-14(19)18-15(3)7-4-12-6-9-16-13(12)10-15/h4,6,9-11,16H,5,7-8H2,1-3H3,(H2,17,18,19). The van der Waals surface area contributed by atoms with E-state index in [1.165, 1.54) is 5.22 Å². The molecule has 1 aromatic heterocycles. The first-order chi connectivity index (χ1) is 8.98. The van der Waals surface area contributed by atoms with Crippen LogP contribution in [-0.4, -0.2) is 23.1 Å². The molecule has 1 atom stereocenters. The molecule has 3 N–H and O–H groups in total. The fraction of sp³-hybridized carbons (Fsp3) is 0.533. The molecule has 19 heavy (non-hydrogen) atoms. The summed E-state index contributed by atoms with van der Waals surface area (Å²) < 4.78 is 0. The van der Waals surface area contributed by atoms with E-state index in [4.69, 9.17) is 0 Å². The van der Waals surface area contributed by atoms with Crippen molar-refractivity contribution in [3.05, 3.63) is 22.8 Å². The highest BCUT2D eigenvalue weighted by Crippen LogP contribution is 2.13. The maximum atomic E-state index is 11.9. The van der Waals surface area contributed by atoms with Gasteiger partial charge in [-0.05, 0) is 43.0 Å². The van der Waals surface area contributed by atoms with Crippen molar-refractivity contribution < 1.29 is 4.79 Å². The molecule has 0 aromatic carbocycles. The second kappa shape index (κ2) is 5.51. The fourth-order valence-corrected chi connectivity index (χ4v) is 2.26. The molecule has 1 unspecified atom stereocenters. The minimum Gasteiger partial charge on any atom is -0.361 e. The molecule has 0 radical (unpaired) electrons. The smallest absolute Gasteiger partial charge is 0.315 e. The number of carbonyl (C=O) groups excluding carboxylic acids is 1. The van der Waals surface area contributed by atoms with Crippen molar-refractivity contribution in [2.24, 2.45) is 5.92 Å². The number of aromatic nitrogens is 1. The van der Waals surface area contributed by atoms with Crippen LogP contribution in [-0.2, 0) is 0 Å². The number of nitrogens with one attached hydrogen (secondary N) is 3. The molecule has 2 rings (SSSR count). The normalized spacial score (nSPS) is 21.3. The van der Waals surface area contributed by atoms with Crippen LogP contribution in [0.1, 0.15) is 33.6 Å². The molecule has 2 amide bonds. The van der Waals surface area contributed by atoms with Gasteiger partial charge in [0.2, 0.25) is 0 Å². The number of amides is 2. The van der Waals surface area contributed by atoms with E-state index in [9.17, 15) is 4.79 Å². The van der Waals surface area contributed by atoms with E-state index < -0.39 is 0 Å². The zero-order chi connectivity index (χ0) is 13.9. The molecule has 0 spiro atoms.